The highest BCUT2D eigenvalue weighted by molar-refractivity contribution is 7.99. The van der Waals surface area contributed by atoms with Crippen molar-refractivity contribution in [3.8, 4) is 0 Å². The van der Waals surface area contributed by atoms with Gasteiger partial charge in [0.25, 0.3) is 0 Å². The molecular formula is C11H22ClNS. The summed E-state index contributed by atoms with van der Waals surface area (Å²) in [6.07, 6.45) is 5.72. The Bertz CT molecular complexity index is 163. The summed E-state index contributed by atoms with van der Waals surface area (Å²) in [5.74, 6) is 2.21. The summed E-state index contributed by atoms with van der Waals surface area (Å²) in [6, 6.07) is 1.73. The number of hydrogen-bond donors (Lipinski definition) is 1. The van der Waals surface area contributed by atoms with Gasteiger partial charge in [-0.25, -0.2) is 0 Å². The van der Waals surface area contributed by atoms with Gasteiger partial charge in [-0.15, -0.1) is 12.4 Å². The Balaban J connectivity index is 0.000000980. The standard InChI is InChI=1S/C11H21NS.ClH/c1-8(2)7-13-11-5-9-3-4-10(6-11)12-9;/h8-12H,3-7H2,1-2H3;1H. The number of fused-ring (bicyclic) bond motifs is 2. The summed E-state index contributed by atoms with van der Waals surface area (Å²) in [5, 5.41) is 4.65. The van der Waals surface area contributed by atoms with Crippen LogP contribution in [-0.2, 0) is 0 Å². The van der Waals surface area contributed by atoms with E-state index in [1.165, 1.54) is 31.4 Å². The highest BCUT2D eigenvalue weighted by atomic mass is 35.5. The van der Waals surface area contributed by atoms with Gasteiger partial charge in [-0.2, -0.15) is 11.8 Å². The summed E-state index contributed by atoms with van der Waals surface area (Å²) in [6.45, 7) is 4.64. The molecule has 2 bridgehead atoms. The number of rotatable bonds is 3. The van der Waals surface area contributed by atoms with Crippen LogP contribution in [0.25, 0.3) is 0 Å². The Labute approximate surface area is 98.2 Å². The van der Waals surface area contributed by atoms with Gasteiger partial charge in [-0.3, -0.25) is 0 Å². The lowest BCUT2D eigenvalue weighted by molar-refractivity contribution is 0.414. The molecule has 1 nitrogen and oxygen atoms in total. The van der Waals surface area contributed by atoms with Crippen molar-refractivity contribution >= 4 is 24.2 Å². The number of nitrogens with one attached hydrogen (secondary N) is 1. The number of piperidine rings is 1. The van der Waals surface area contributed by atoms with E-state index in [1.54, 1.807) is 0 Å². The van der Waals surface area contributed by atoms with E-state index in [4.69, 9.17) is 0 Å². The first-order chi connectivity index (χ1) is 6.24. The third kappa shape index (κ3) is 3.32. The van der Waals surface area contributed by atoms with Crippen molar-refractivity contribution in [2.24, 2.45) is 5.92 Å². The summed E-state index contributed by atoms with van der Waals surface area (Å²) >= 11 is 2.21. The van der Waals surface area contributed by atoms with Gasteiger partial charge in [0.15, 0.2) is 0 Å². The molecule has 14 heavy (non-hydrogen) atoms. The zero-order valence-electron chi connectivity index (χ0n) is 9.16. The van der Waals surface area contributed by atoms with Gasteiger partial charge in [-0.05, 0) is 37.4 Å². The lowest BCUT2D eigenvalue weighted by atomic mass is 10.1. The minimum absolute atomic E-state index is 0. The molecule has 0 aromatic heterocycles. The van der Waals surface area contributed by atoms with Gasteiger partial charge in [0.05, 0.1) is 0 Å². The SMILES string of the molecule is CC(C)CSC1CC2CCC(C1)N2.Cl. The van der Waals surface area contributed by atoms with Crippen molar-refractivity contribution in [3.63, 3.8) is 0 Å². The van der Waals surface area contributed by atoms with Crippen molar-refractivity contribution in [2.75, 3.05) is 5.75 Å². The average Bonchev–Trinajstić information content (AvgIpc) is 2.42. The molecule has 0 amide bonds. The van der Waals surface area contributed by atoms with Crippen LogP contribution < -0.4 is 5.32 Å². The minimum Gasteiger partial charge on any atom is -0.311 e. The minimum atomic E-state index is 0. The average molecular weight is 236 g/mol. The zero-order chi connectivity index (χ0) is 9.26. The van der Waals surface area contributed by atoms with Crippen LogP contribution in [0.3, 0.4) is 0 Å². The quantitative estimate of drug-likeness (QED) is 0.807. The first-order valence-corrected chi connectivity index (χ1v) is 6.66. The second-order valence-electron chi connectivity index (χ2n) is 4.96. The molecule has 0 spiro atoms. The molecular weight excluding hydrogens is 214 g/mol. The Morgan fingerprint density at radius 1 is 1.21 bits per heavy atom. The second-order valence-corrected chi connectivity index (χ2v) is 6.29. The largest absolute Gasteiger partial charge is 0.311 e. The molecule has 0 aromatic carbocycles. The van der Waals surface area contributed by atoms with Gasteiger partial charge in [0.2, 0.25) is 0 Å². The lowest BCUT2D eigenvalue weighted by Crippen LogP contribution is -2.39. The van der Waals surface area contributed by atoms with E-state index in [0.29, 0.717) is 0 Å². The van der Waals surface area contributed by atoms with E-state index < -0.39 is 0 Å². The van der Waals surface area contributed by atoms with E-state index in [-0.39, 0.29) is 12.4 Å². The molecule has 2 atom stereocenters. The lowest BCUT2D eigenvalue weighted by Gasteiger charge is -2.29. The smallest absolute Gasteiger partial charge is 0.00807 e. The fourth-order valence-corrected chi connectivity index (χ4v) is 3.86. The summed E-state index contributed by atoms with van der Waals surface area (Å²) in [5.41, 5.74) is 0. The van der Waals surface area contributed by atoms with Crippen molar-refractivity contribution in [1.82, 2.24) is 5.32 Å². The molecule has 2 fully saturated rings. The summed E-state index contributed by atoms with van der Waals surface area (Å²) in [7, 11) is 0. The predicted molar refractivity (Wildman–Crippen MR) is 67.5 cm³/mol. The predicted octanol–water partition coefficient (Wildman–Crippen LogP) is 3.08. The number of hydrogen-bond acceptors (Lipinski definition) is 2. The van der Waals surface area contributed by atoms with E-state index in [1.807, 2.05) is 0 Å². The Morgan fingerprint density at radius 2 is 1.79 bits per heavy atom. The highest BCUT2D eigenvalue weighted by Crippen LogP contribution is 2.34. The first-order valence-electron chi connectivity index (χ1n) is 5.61. The highest BCUT2D eigenvalue weighted by Gasteiger charge is 2.33. The van der Waals surface area contributed by atoms with Crippen LogP contribution in [0, 0.1) is 5.92 Å². The number of halogens is 1. The maximum Gasteiger partial charge on any atom is 0.00807 e. The van der Waals surface area contributed by atoms with Crippen LogP contribution in [0.4, 0.5) is 0 Å². The molecule has 2 rings (SSSR count). The van der Waals surface area contributed by atoms with Gasteiger partial charge in [-0.1, -0.05) is 13.8 Å². The maximum atomic E-state index is 3.69. The van der Waals surface area contributed by atoms with Crippen LogP contribution in [0.5, 0.6) is 0 Å². The molecule has 0 saturated carbocycles. The van der Waals surface area contributed by atoms with Crippen molar-refractivity contribution < 1.29 is 0 Å². The van der Waals surface area contributed by atoms with Gasteiger partial charge in [0.1, 0.15) is 0 Å². The number of thioether (sulfide) groups is 1. The molecule has 3 heteroatoms. The van der Waals surface area contributed by atoms with E-state index in [9.17, 15) is 0 Å². The zero-order valence-corrected chi connectivity index (χ0v) is 10.8. The van der Waals surface area contributed by atoms with E-state index in [2.05, 4.69) is 30.9 Å². The molecule has 84 valence electrons. The Hall–Kier alpha value is 0.600. The Kier molecular flexibility index (Phi) is 5.09. The van der Waals surface area contributed by atoms with Crippen molar-refractivity contribution in [3.05, 3.63) is 0 Å². The molecule has 0 aromatic rings. The van der Waals surface area contributed by atoms with Crippen LogP contribution in [0.2, 0.25) is 0 Å². The maximum absolute atomic E-state index is 3.69. The van der Waals surface area contributed by atoms with Crippen molar-refractivity contribution in [1.29, 1.82) is 0 Å². The van der Waals surface area contributed by atoms with Crippen LogP contribution >= 0.6 is 24.2 Å². The molecule has 2 heterocycles. The van der Waals surface area contributed by atoms with Crippen molar-refractivity contribution in [2.45, 2.75) is 56.9 Å². The first kappa shape index (κ1) is 12.7. The molecule has 1 N–H and O–H groups in total. The second kappa shape index (κ2) is 5.62. The molecule has 2 saturated heterocycles. The van der Waals surface area contributed by atoms with Crippen LogP contribution in [0.15, 0.2) is 0 Å². The van der Waals surface area contributed by atoms with Gasteiger partial charge in [0, 0.05) is 17.3 Å². The monoisotopic (exact) mass is 235 g/mol. The topological polar surface area (TPSA) is 12.0 Å². The molecule has 2 aliphatic rings. The Morgan fingerprint density at radius 3 is 2.29 bits per heavy atom. The summed E-state index contributed by atoms with van der Waals surface area (Å²) in [4.78, 5) is 0. The fraction of sp³-hybridized carbons (Fsp3) is 1.00. The molecule has 0 aliphatic carbocycles. The molecule has 2 aliphatic heterocycles. The van der Waals surface area contributed by atoms with Crippen LogP contribution in [0.1, 0.15) is 39.5 Å². The van der Waals surface area contributed by atoms with E-state index >= 15 is 0 Å². The van der Waals surface area contributed by atoms with Gasteiger partial charge >= 0.3 is 0 Å². The normalized spacial score (nSPS) is 35.8. The third-order valence-electron chi connectivity index (χ3n) is 3.10. The van der Waals surface area contributed by atoms with Crippen LogP contribution in [-0.4, -0.2) is 23.1 Å². The van der Waals surface area contributed by atoms with E-state index in [0.717, 1.165) is 23.3 Å². The molecule has 2 unspecified atom stereocenters. The molecule has 0 radical (unpaired) electrons. The summed E-state index contributed by atoms with van der Waals surface area (Å²) < 4.78 is 0. The van der Waals surface area contributed by atoms with Gasteiger partial charge < -0.3 is 5.32 Å². The fourth-order valence-electron chi connectivity index (χ4n) is 2.47. The third-order valence-corrected chi connectivity index (χ3v) is 4.81.